The van der Waals surface area contributed by atoms with Gasteiger partial charge in [0.1, 0.15) is 0 Å². The molecule has 0 aromatic rings. The minimum absolute atomic E-state index is 0.0138. The van der Waals surface area contributed by atoms with Crippen molar-refractivity contribution < 1.29 is 13.2 Å². The predicted molar refractivity (Wildman–Crippen MR) is 45.9 cm³/mol. The number of sulfonamides is 1. The number of rotatable bonds is 4. The third kappa shape index (κ3) is 6.11. The van der Waals surface area contributed by atoms with E-state index >= 15 is 0 Å². The summed E-state index contributed by atoms with van der Waals surface area (Å²) in [4.78, 5) is 10.5. The molecule has 0 aliphatic heterocycles. The summed E-state index contributed by atoms with van der Waals surface area (Å²) in [5, 5.41) is 0. The number of hydrogen-bond acceptors (Lipinski definition) is 3. The summed E-state index contributed by atoms with van der Waals surface area (Å²) in [6.07, 6.45) is 1.02. The van der Waals surface area contributed by atoms with E-state index in [9.17, 15) is 13.2 Å². The Balaban J connectivity index is 4.33. The number of nitrogens with one attached hydrogen (secondary N) is 1. The lowest BCUT2D eigenvalue weighted by molar-refractivity contribution is -0.119. The van der Waals surface area contributed by atoms with E-state index in [1.807, 2.05) is 0 Å². The first-order valence-corrected chi connectivity index (χ1v) is 5.29. The lowest BCUT2D eigenvalue weighted by Gasteiger charge is -2.22. The molecular weight excluding hydrogens is 180 g/mol. The second kappa shape index (κ2) is 3.40. The van der Waals surface area contributed by atoms with E-state index in [1.54, 1.807) is 13.8 Å². The van der Waals surface area contributed by atoms with E-state index in [-0.39, 0.29) is 6.42 Å². The number of nitrogens with two attached hydrogens (primary N) is 1. The highest BCUT2D eigenvalue weighted by atomic mass is 32.2. The van der Waals surface area contributed by atoms with E-state index in [1.165, 1.54) is 0 Å². The van der Waals surface area contributed by atoms with E-state index in [0.717, 1.165) is 6.26 Å². The van der Waals surface area contributed by atoms with Crippen molar-refractivity contribution >= 4 is 15.9 Å². The van der Waals surface area contributed by atoms with Crippen LogP contribution in [0.5, 0.6) is 0 Å². The topological polar surface area (TPSA) is 89.3 Å². The summed E-state index contributed by atoms with van der Waals surface area (Å²) in [6.45, 7) is 3.19. The number of carbonyl (C=O) groups is 1. The maximum absolute atomic E-state index is 10.8. The summed E-state index contributed by atoms with van der Waals surface area (Å²) in [5.74, 6) is -0.531. The molecule has 0 fully saturated rings. The molecule has 0 aliphatic carbocycles. The summed E-state index contributed by atoms with van der Waals surface area (Å²) in [6, 6.07) is 0. The zero-order valence-electron chi connectivity index (χ0n) is 7.42. The standard InChI is InChI=1S/C6H14N2O3S/c1-6(2,4-5(7)9)8-12(3,10)11/h8H,4H2,1-3H3,(H2,7,9). The van der Waals surface area contributed by atoms with E-state index in [0.29, 0.717) is 0 Å². The Kier molecular flexibility index (Phi) is 3.23. The fourth-order valence-corrected chi connectivity index (χ4v) is 2.05. The number of amides is 1. The Bertz CT molecular complexity index is 269. The van der Waals surface area contributed by atoms with E-state index in [4.69, 9.17) is 5.73 Å². The summed E-state index contributed by atoms with van der Waals surface area (Å²) >= 11 is 0. The SMILES string of the molecule is CC(C)(CC(N)=O)NS(C)(=O)=O. The van der Waals surface area contributed by atoms with Crippen molar-refractivity contribution in [3.05, 3.63) is 0 Å². The van der Waals surface area contributed by atoms with Gasteiger partial charge in [-0.3, -0.25) is 4.79 Å². The van der Waals surface area contributed by atoms with Gasteiger partial charge in [-0.2, -0.15) is 0 Å². The molecule has 0 rings (SSSR count). The number of primary amides is 1. The molecule has 0 bridgehead atoms. The summed E-state index contributed by atoms with van der Waals surface area (Å²) in [5.41, 5.74) is 4.12. The van der Waals surface area contributed by atoms with Crippen molar-refractivity contribution in [2.75, 3.05) is 6.26 Å². The maximum Gasteiger partial charge on any atom is 0.219 e. The van der Waals surface area contributed by atoms with Gasteiger partial charge in [-0.25, -0.2) is 13.1 Å². The quantitative estimate of drug-likeness (QED) is 0.613. The fourth-order valence-electron chi connectivity index (χ4n) is 0.974. The van der Waals surface area contributed by atoms with Crippen LogP contribution in [-0.2, 0) is 14.8 Å². The lowest BCUT2D eigenvalue weighted by Crippen LogP contribution is -2.45. The highest BCUT2D eigenvalue weighted by Gasteiger charge is 2.23. The van der Waals surface area contributed by atoms with Gasteiger partial charge in [-0.1, -0.05) is 0 Å². The summed E-state index contributed by atoms with van der Waals surface area (Å²) in [7, 11) is -3.29. The van der Waals surface area contributed by atoms with Crippen molar-refractivity contribution in [1.82, 2.24) is 4.72 Å². The predicted octanol–water partition coefficient (Wildman–Crippen LogP) is -0.810. The van der Waals surface area contributed by atoms with Gasteiger partial charge in [0, 0.05) is 12.0 Å². The van der Waals surface area contributed by atoms with Gasteiger partial charge in [0.05, 0.1) is 6.26 Å². The van der Waals surface area contributed by atoms with E-state index in [2.05, 4.69) is 4.72 Å². The molecule has 0 spiro atoms. The molecule has 5 nitrogen and oxygen atoms in total. The largest absolute Gasteiger partial charge is 0.370 e. The molecule has 0 heterocycles. The van der Waals surface area contributed by atoms with Gasteiger partial charge in [-0.15, -0.1) is 0 Å². The molecule has 0 aromatic heterocycles. The molecule has 0 unspecified atom stereocenters. The van der Waals surface area contributed by atoms with Crippen LogP contribution in [0, 0.1) is 0 Å². The van der Waals surface area contributed by atoms with Crippen LogP contribution in [0.25, 0.3) is 0 Å². The van der Waals surface area contributed by atoms with Gasteiger partial charge in [0.15, 0.2) is 0 Å². The highest BCUT2D eigenvalue weighted by Crippen LogP contribution is 2.08. The molecule has 0 radical (unpaired) electrons. The van der Waals surface area contributed by atoms with Crippen LogP contribution in [0.3, 0.4) is 0 Å². The van der Waals surface area contributed by atoms with Gasteiger partial charge >= 0.3 is 0 Å². The van der Waals surface area contributed by atoms with Crippen LogP contribution >= 0.6 is 0 Å². The van der Waals surface area contributed by atoms with Crippen molar-refractivity contribution in [2.24, 2.45) is 5.73 Å². The van der Waals surface area contributed by atoms with Crippen LogP contribution in [0.4, 0.5) is 0 Å². The molecule has 0 saturated heterocycles. The van der Waals surface area contributed by atoms with Gasteiger partial charge < -0.3 is 5.73 Å². The van der Waals surface area contributed by atoms with Crippen LogP contribution in [0.1, 0.15) is 20.3 Å². The molecule has 12 heavy (non-hydrogen) atoms. The molecule has 0 atom stereocenters. The Morgan fingerprint density at radius 3 is 2.17 bits per heavy atom. The molecule has 3 N–H and O–H groups in total. The molecule has 72 valence electrons. The van der Waals surface area contributed by atoms with Crippen LogP contribution in [-0.4, -0.2) is 26.1 Å². The van der Waals surface area contributed by atoms with Crippen molar-refractivity contribution in [1.29, 1.82) is 0 Å². The second-order valence-electron chi connectivity index (χ2n) is 3.40. The monoisotopic (exact) mass is 194 g/mol. The fraction of sp³-hybridized carbons (Fsp3) is 0.833. The minimum Gasteiger partial charge on any atom is -0.370 e. The first-order chi connectivity index (χ1) is 5.12. The Hall–Kier alpha value is -0.620. The van der Waals surface area contributed by atoms with E-state index < -0.39 is 21.5 Å². The Labute approximate surface area is 72.4 Å². The zero-order valence-corrected chi connectivity index (χ0v) is 8.23. The molecular formula is C6H14N2O3S. The lowest BCUT2D eigenvalue weighted by atomic mass is 10.0. The van der Waals surface area contributed by atoms with Crippen molar-refractivity contribution in [3.8, 4) is 0 Å². The van der Waals surface area contributed by atoms with Crippen LogP contribution in [0.2, 0.25) is 0 Å². The second-order valence-corrected chi connectivity index (χ2v) is 5.15. The molecule has 0 aliphatic rings. The third-order valence-electron chi connectivity index (χ3n) is 1.08. The molecule has 0 saturated carbocycles. The molecule has 6 heteroatoms. The van der Waals surface area contributed by atoms with Gasteiger partial charge in [0.25, 0.3) is 0 Å². The minimum atomic E-state index is -3.29. The third-order valence-corrected chi connectivity index (χ3v) is 2.00. The average Bonchev–Trinajstić information content (AvgIpc) is 1.48. The smallest absolute Gasteiger partial charge is 0.219 e. The normalized spacial score (nSPS) is 12.9. The number of hydrogen-bond donors (Lipinski definition) is 2. The highest BCUT2D eigenvalue weighted by molar-refractivity contribution is 7.88. The Morgan fingerprint density at radius 2 is 1.92 bits per heavy atom. The first kappa shape index (κ1) is 11.4. The molecule has 1 amide bonds. The van der Waals surface area contributed by atoms with Crippen molar-refractivity contribution in [3.63, 3.8) is 0 Å². The van der Waals surface area contributed by atoms with Gasteiger partial charge in [-0.05, 0) is 13.8 Å². The van der Waals surface area contributed by atoms with Crippen molar-refractivity contribution in [2.45, 2.75) is 25.8 Å². The van der Waals surface area contributed by atoms with Gasteiger partial charge in [0.2, 0.25) is 15.9 Å². The zero-order chi connectivity index (χ0) is 9.99. The number of carbonyl (C=O) groups excluding carboxylic acids is 1. The average molecular weight is 194 g/mol. The Morgan fingerprint density at radius 1 is 1.50 bits per heavy atom. The first-order valence-electron chi connectivity index (χ1n) is 3.40. The molecule has 0 aromatic carbocycles. The van der Waals surface area contributed by atoms with Crippen LogP contribution in [0.15, 0.2) is 0 Å². The summed E-state index contributed by atoms with van der Waals surface area (Å²) < 4.78 is 23.8. The maximum atomic E-state index is 10.8. The van der Waals surface area contributed by atoms with Crippen LogP contribution < -0.4 is 10.5 Å².